The Kier molecular flexibility index (Phi) is 4.17. The van der Waals surface area contributed by atoms with Crippen LogP contribution in [0.5, 0.6) is 5.75 Å². The quantitative estimate of drug-likeness (QED) is 0.880. The van der Waals surface area contributed by atoms with E-state index in [1.165, 1.54) is 0 Å². The highest BCUT2D eigenvalue weighted by atomic mass is 16.3. The van der Waals surface area contributed by atoms with E-state index in [1.807, 2.05) is 44.2 Å². The molecule has 2 atom stereocenters. The zero-order chi connectivity index (χ0) is 13.8. The second-order valence-electron chi connectivity index (χ2n) is 4.93. The number of phenolic OH excluding ortho intramolecular Hbond substituents is 1. The molecule has 2 N–H and O–H groups in total. The summed E-state index contributed by atoms with van der Waals surface area (Å²) in [4.78, 5) is 4.34. The normalized spacial score (nSPS) is 14.1. The molecule has 1 aromatic carbocycles. The highest BCUT2D eigenvalue weighted by Crippen LogP contribution is 2.26. The minimum absolute atomic E-state index is 0.0672. The molecule has 0 spiro atoms. The van der Waals surface area contributed by atoms with Gasteiger partial charge in [0.1, 0.15) is 5.75 Å². The molecular weight excluding hydrogens is 236 g/mol. The number of rotatable bonds is 4. The molecule has 3 nitrogen and oxygen atoms in total. The van der Waals surface area contributed by atoms with Gasteiger partial charge in [-0.1, -0.05) is 18.2 Å². The first kappa shape index (κ1) is 13.6. The lowest BCUT2D eigenvalue weighted by molar-refractivity contribution is 0.436. The maximum absolute atomic E-state index is 9.99. The largest absolute Gasteiger partial charge is 0.508 e. The molecule has 2 unspecified atom stereocenters. The predicted octanol–water partition coefficient (Wildman–Crippen LogP) is 3.51. The van der Waals surface area contributed by atoms with Gasteiger partial charge in [0.15, 0.2) is 0 Å². The van der Waals surface area contributed by atoms with Gasteiger partial charge >= 0.3 is 0 Å². The SMILES string of the molecule is Cc1ccc(C(C)NC(C)c2ccccn2)c(O)c1. The van der Waals surface area contributed by atoms with Gasteiger partial charge in [-0.25, -0.2) is 0 Å². The molecule has 0 saturated heterocycles. The second kappa shape index (κ2) is 5.85. The van der Waals surface area contributed by atoms with Crippen LogP contribution in [0.25, 0.3) is 0 Å². The van der Waals surface area contributed by atoms with Gasteiger partial charge in [0.2, 0.25) is 0 Å². The smallest absolute Gasteiger partial charge is 0.120 e. The Balaban J connectivity index is 2.10. The lowest BCUT2D eigenvalue weighted by Crippen LogP contribution is -2.23. The third-order valence-electron chi connectivity index (χ3n) is 3.28. The summed E-state index contributed by atoms with van der Waals surface area (Å²) in [5.74, 6) is 0.341. The van der Waals surface area contributed by atoms with Gasteiger partial charge in [0.25, 0.3) is 0 Å². The molecule has 2 rings (SSSR count). The van der Waals surface area contributed by atoms with Crippen LogP contribution < -0.4 is 5.32 Å². The summed E-state index contributed by atoms with van der Waals surface area (Å²) in [7, 11) is 0. The predicted molar refractivity (Wildman–Crippen MR) is 77.0 cm³/mol. The Morgan fingerprint density at radius 1 is 1.11 bits per heavy atom. The number of benzene rings is 1. The molecule has 0 aliphatic rings. The Morgan fingerprint density at radius 3 is 2.53 bits per heavy atom. The molecule has 100 valence electrons. The number of nitrogens with one attached hydrogen (secondary N) is 1. The van der Waals surface area contributed by atoms with Crippen LogP contribution in [0.2, 0.25) is 0 Å². The van der Waals surface area contributed by atoms with Gasteiger partial charge in [-0.3, -0.25) is 4.98 Å². The average molecular weight is 256 g/mol. The van der Waals surface area contributed by atoms with Crippen LogP contribution in [-0.4, -0.2) is 10.1 Å². The van der Waals surface area contributed by atoms with Crippen molar-refractivity contribution < 1.29 is 5.11 Å². The zero-order valence-electron chi connectivity index (χ0n) is 11.6. The van der Waals surface area contributed by atoms with Crippen molar-refractivity contribution in [2.75, 3.05) is 0 Å². The number of phenols is 1. The van der Waals surface area contributed by atoms with E-state index in [4.69, 9.17) is 0 Å². The van der Waals surface area contributed by atoms with Gasteiger partial charge in [-0.15, -0.1) is 0 Å². The summed E-state index contributed by atoms with van der Waals surface area (Å²) in [5.41, 5.74) is 2.97. The second-order valence-corrected chi connectivity index (χ2v) is 4.93. The molecule has 0 aliphatic carbocycles. The van der Waals surface area contributed by atoms with Gasteiger partial charge < -0.3 is 10.4 Å². The molecule has 3 heteroatoms. The van der Waals surface area contributed by atoms with E-state index in [0.717, 1.165) is 16.8 Å². The fraction of sp³-hybridized carbons (Fsp3) is 0.312. The first-order chi connectivity index (χ1) is 9.08. The molecule has 0 aliphatic heterocycles. The van der Waals surface area contributed by atoms with Gasteiger partial charge in [0, 0.05) is 23.8 Å². The van der Waals surface area contributed by atoms with E-state index in [1.54, 1.807) is 12.3 Å². The first-order valence-corrected chi connectivity index (χ1v) is 6.54. The lowest BCUT2D eigenvalue weighted by atomic mass is 10.0. The minimum atomic E-state index is 0.0672. The maximum Gasteiger partial charge on any atom is 0.120 e. The molecule has 1 heterocycles. The van der Waals surface area contributed by atoms with Crippen LogP contribution in [0.1, 0.15) is 42.8 Å². The Morgan fingerprint density at radius 2 is 1.89 bits per heavy atom. The Bertz CT molecular complexity index is 540. The highest BCUT2D eigenvalue weighted by molar-refractivity contribution is 5.37. The molecule has 0 amide bonds. The Labute approximate surface area is 114 Å². The van der Waals surface area contributed by atoms with E-state index >= 15 is 0 Å². The van der Waals surface area contributed by atoms with Crippen molar-refractivity contribution in [3.8, 4) is 5.75 Å². The van der Waals surface area contributed by atoms with Crippen molar-refractivity contribution in [2.24, 2.45) is 0 Å². The van der Waals surface area contributed by atoms with E-state index in [9.17, 15) is 5.11 Å². The zero-order valence-corrected chi connectivity index (χ0v) is 11.6. The van der Waals surface area contributed by atoms with Crippen LogP contribution in [0.15, 0.2) is 42.6 Å². The summed E-state index contributed by atoms with van der Waals surface area (Å²) in [6.45, 7) is 6.09. The standard InChI is InChI=1S/C16H20N2O/c1-11-7-8-14(16(19)10-11)12(2)18-13(3)15-6-4-5-9-17-15/h4-10,12-13,18-19H,1-3H3. The van der Waals surface area contributed by atoms with Crippen LogP contribution >= 0.6 is 0 Å². The van der Waals surface area contributed by atoms with Gasteiger partial charge in [0.05, 0.1) is 5.69 Å². The summed E-state index contributed by atoms with van der Waals surface area (Å²) in [6, 6.07) is 11.9. The fourth-order valence-corrected chi connectivity index (χ4v) is 2.20. The van der Waals surface area contributed by atoms with Gasteiger partial charge in [-0.05, 0) is 44.5 Å². The molecule has 0 fully saturated rings. The number of hydrogen-bond acceptors (Lipinski definition) is 3. The molecule has 1 aromatic heterocycles. The van der Waals surface area contributed by atoms with Crippen LogP contribution in [0, 0.1) is 6.92 Å². The highest BCUT2D eigenvalue weighted by Gasteiger charge is 2.14. The summed E-state index contributed by atoms with van der Waals surface area (Å²) in [5, 5.41) is 13.4. The first-order valence-electron chi connectivity index (χ1n) is 6.54. The van der Waals surface area contributed by atoms with Crippen molar-refractivity contribution in [3.63, 3.8) is 0 Å². The van der Waals surface area contributed by atoms with E-state index in [2.05, 4.69) is 17.2 Å². The third kappa shape index (κ3) is 3.32. The topological polar surface area (TPSA) is 45.2 Å². The number of hydrogen-bond donors (Lipinski definition) is 2. The van der Waals surface area contributed by atoms with E-state index < -0.39 is 0 Å². The van der Waals surface area contributed by atoms with Crippen molar-refractivity contribution in [1.29, 1.82) is 0 Å². The fourth-order valence-electron chi connectivity index (χ4n) is 2.20. The minimum Gasteiger partial charge on any atom is -0.508 e. The Hall–Kier alpha value is -1.87. The summed E-state index contributed by atoms with van der Waals surface area (Å²) in [6.07, 6.45) is 1.79. The maximum atomic E-state index is 9.99. The van der Waals surface area contributed by atoms with E-state index in [0.29, 0.717) is 5.75 Å². The number of pyridine rings is 1. The summed E-state index contributed by atoms with van der Waals surface area (Å²) < 4.78 is 0. The molecule has 2 aromatic rings. The molecule has 0 radical (unpaired) electrons. The molecule has 19 heavy (non-hydrogen) atoms. The third-order valence-corrected chi connectivity index (χ3v) is 3.28. The molecule has 0 bridgehead atoms. The van der Waals surface area contributed by atoms with Crippen LogP contribution in [-0.2, 0) is 0 Å². The molecule has 0 saturated carbocycles. The number of aromatic hydroxyl groups is 1. The molecular formula is C16H20N2O. The number of aromatic nitrogens is 1. The van der Waals surface area contributed by atoms with Crippen LogP contribution in [0.4, 0.5) is 0 Å². The van der Waals surface area contributed by atoms with Crippen LogP contribution in [0.3, 0.4) is 0 Å². The summed E-state index contributed by atoms with van der Waals surface area (Å²) >= 11 is 0. The number of nitrogens with zero attached hydrogens (tertiary/aromatic N) is 1. The van der Waals surface area contributed by atoms with Crippen molar-refractivity contribution in [1.82, 2.24) is 10.3 Å². The average Bonchev–Trinajstić information content (AvgIpc) is 2.39. The van der Waals surface area contributed by atoms with Crippen molar-refractivity contribution in [3.05, 3.63) is 59.4 Å². The van der Waals surface area contributed by atoms with Crippen molar-refractivity contribution >= 4 is 0 Å². The van der Waals surface area contributed by atoms with Crippen molar-refractivity contribution in [2.45, 2.75) is 32.9 Å². The lowest BCUT2D eigenvalue weighted by Gasteiger charge is -2.21. The number of aryl methyl sites for hydroxylation is 1. The van der Waals surface area contributed by atoms with E-state index in [-0.39, 0.29) is 12.1 Å². The monoisotopic (exact) mass is 256 g/mol. The van der Waals surface area contributed by atoms with Gasteiger partial charge in [-0.2, -0.15) is 0 Å².